The summed E-state index contributed by atoms with van der Waals surface area (Å²) in [6.45, 7) is 4.76. The highest BCUT2D eigenvalue weighted by Crippen LogP contribution is 2.40. The van der Waals surface area contributed by atoms with Gasteiger partial charge in [-0.3, -0.25) is 4.79 Å². The zero-order chi connectivity index (χ0) is 33.4. The minimum atomic E-state index is -1.75. The van der Waals surface area contributed by atoms with E-state index in [0.717, 1.165) is 11.6 Å². The van der Waals surface area contributed by atoms with Crippen molar-refractivity contribution in [2.24, 2.45) is 0 Å². The topological polar surface area (TPSA) is 218 Å². The number of methoxy groups -OCH3 is 1. The maximum Gasteiger partial charge on any atom is 0.239 e. The highest BCUT2D eigenvalue weighted by Gasteiger charge is 2.49. The van der Waals surface area contributed by atoms with Crippen LogP contribution in [0, 0.1) is 0 Å². The number of aliphatic hydroxyl groups is 5. The normalized spacial score (nSPS) is 29.8. The monoisotopic (exact) mass is 646 g/mol. The molecule has 1 aromatic heterocycles. The van der Waals surface area contributed by atoms with E-state index < -0.39 is 78.8 Å². The lowest BCUT2D eigenvalue weighted by molar-refractivity contribution is -0.341. The average Bonchev–Trinajstić information content (AvgIpc) is 3.02. The van der Waals surface area contributed by atoms with Crippen LogP contribution >= 0.6 is 0 Å². The fourth-order valence-electron chi connectivity index (χ4n) is 5.32. The van der Waals surface area contributed by atoms with Crippen molar-refractivity contribution < 1.29 is 63.8 Å². The molecule has 2 aliphatic rings. The number of phenolic OH excluding ortho intramolecular Hbond substituents is 2. The number of rotatable bonds is 8. The van der Waals surface area contributed by atoms with Crippen molar-refractivity contribution in [2.75, 3.05) is 13.7 Å². The van der Waals surface area contributed by atoms with Gasteiger partial charge in [0.05, 0.1) is 19.8 Å². The molecule has 5 rings (SSSR count). The van der Waals surface area contributed by atoms with Gasteiger partial charge in [-0.05, 0) is 51.5 Å². The van der Waals surface area contributed by atoms with Crippen LogP contribution in [0.15, 0.2) is 51.2 Å². The van der Waals surface area contributed by atoms with E-state index in [0.29, 0.717) is 11.3 Å². The number of fused-ring (bicyclic) bond motifs is 1. The molecule has 0 aliphatic carbocycles. The summed E-state index contributed by atoms with van der Waals surface area (Å²) in [7, 11) is 1.48. The quantitative estimate of drug-likeness (QED) is 0.170. The molecule has 9 atom stereocenters. The molecule has 0 saturated carbocycles. The van der Waals surface area contributed by atoms with Crippen LogP contribution in [0.4, 0.5) is 0 Å². The summed E-state index contributed by atoms with van der Waals surface area (Å²) in [4.78, 5) is 14.2. The molecule has 3 heterocycles. The first kappa shape index (κ1) is 33.6. The van der Waals surface area contributed by atoms with E-state index in [1.54, 1.807) is 24.3 Å². The summed E-state index contributed by atoms with van der Waals surface area (Å²) in [6.07, 6.45) is -11.9. The van der Waals surface area contributed by atoms with E-state index in [4.69, 9.17) is 28.1 Å². The molecule has 250 valence electrons. The van der Waals surface area contributed by atoms with Gasteiger partial charge in [-0.1, -0.05) is 11.6 Å². The molecule has 0 spiro atoms. The Morgan fingerprint density at radius 1 is 0.957 bits per heavy atom. The van der Waals surface area contributed by atoms with Crippen LogP contribution in [0.2, 0.25) is 0 Å². The second-order valence-electron chi connectivity index (χ2n) is 11.6. The lowest BCUT2D eigenvalue weighted by Gasteiger charge is -2.44. The average molecular weight is 647 g/mol. The van der Waals surface area contributed by atoms with Gasteiger partial charge in [0, 0.05) is 17.2 Å². The highest BCUT2D eigenvalue weighted by atomic mass is 16.8. The number of hydrogen-bond donors (Lipinski definition) is 7. The zero-order valence-electron chi connectivity index (χ0n) is 25.6. The molecule has 2 fully saturated rings. The fourth-order valence-corrected chi connectivity index (χ4v) is 5.32. The van der Waals surface area contributed by atoms with Gasteiger partial charge < -0.3 is 63.8 Å². The number of ether oxygens (including phenoxy) is 5. The molecule has 0 bridgehead atoms. The van der Waals surface area contributed by atoms with E-state index in [-0.39, 0.29) is 34.5 Å². The first-order chi connectivity index (χ1) is 21.8. The molecule has 2 saturated heterocycles. The molecule has 2 aliphatic heterocycles. The van der Waals surface area contributed by atoms with Crippen LogP contribution in [-0.4, -0.2) is 105 Å². The Hall–Kier alpha value is -3.73. The maximum absolute atomic E-state index is 14.2. The SMILES string of the molecule is COc1ccc(-c2oc3c(CC=C(C)C)c(O)cc(O)c3c(=O)c2OC2O[C@@H](C)[C@H](O)[C@H](O)[C@H]2O[C@@H]2OC[C@@H](O)C(O)[C@H]2O)cc1. The van der Waals surface area contributed by atoms with Gasteiger partial charge in [0.1, 0.15) is 58.7 Å². The molecular weight excluding hydrogens is 608 g/mol. The fraction of sp³-hybridized carbons (Fsp3) is 0.469. The van der Waals surface area contributed by atoms with Crippen LogP contribution in [0.5, 0.6) is 23.0 Å². The van der Waals surface area contributed by atoms with Crippen molar-refractivity contribution in [3.8, 4) is 34.3 Å². The summed E-state index contributed by atoms with van der Waals surface area (Å²) >= 11 is 0. The second kappa shape index (κ2) is 13.6. The van der Waals surface area contributed by atoms with Crippen LogP contribution in [0.1, 0.15) is 26.3 Å². The number of hydrogen-bond acceptors (Lipinski definition) is 14. The second-order valence-corrected chi connectivity index (χ2v) is 11.6. The van der Waals surface area contributed by atoms with Gasteiger partial charge in [-0.25, -0.2) is 0 Å². The summed E-state index contributed by atoms with van der Waals surface area (Å²) in [5.74, 6) is -0.982. The molecule has 14 nitrogen and oxygen atoms in total. The Balaban J connectivity index is 1.65. The van der Waals surface area contributed by atoms with Crippen LogP contribution < -0.4 is 14.9 Å². The smallest absolute Gasteiger partial charge is 0.239 e. The van der Waals surface area contributed by atoms with E-state index in [2.05, 4.69) is 0 Å². The molecule has 2 unspecified atom stereocenters. The molecule has 0 radical (unpaired) electrons. The number of aromatic hydroxyl groups is 2. The largest absolute Gasteiger partial charge is 0.507 e. The van der Waals surface area contributed by atoms with E-state index in [9.17, 15) is 40.5 Å². The first-order valence-corrected chi connectivity index (χ1v) is 14.6. The van der Waals surface area contributed by atoms with Gasteiger partial charge in [0.25, 0.3) is 0 Å². The van der Waals surface area contributed by atoms with E-state index >= 15 is 0 Å². The molecular formula is C32H38O14. The minimum absolute atomic E-state index is 0.0920. The number of aliphatic hydroxyl groups excluding tert-OH is 5. The molecule has 14 heteroatoms. The van der Waals surface area contributed by atoms with Crippen LogP contribution in [0.25, 0.3) is 22.3 Å². The Morgan fingerprint density at radius 3 is 2.30 bits per heavy atom. The lowest BCUT2D eigenvalue weighted by atomic mass is 9.99. The highest BCUT2D eigenvalue weighted by molar-refractivity contribution is 5.91. The standard InChI is InChI=1S/C32H38O14/c1-13(2)5-10-17-18(33)11-19(34)21-24(38)29(27(44-28(17)21)15-6-8-16(41-4)9-7-15)45-32-30(25(39)22(36)14(3)43-32)46-31-26(40)23(37)20(35)12-42-31/h5-9,11,14,20,22-23,25-26,30-37,39-40H,10,12H2,1-4H3/t14-,20+,22-,23?,25-,26+,30+,31-,32?/m0/s1. The number of phenols is 2. The van der Waals surface area contributed by atoms with Gasteiger partial charge in [-0.2, -0.15) is 0 Å². The molecule has 3 aromatic rings. The van der Waals surface area contributed by atoms with Crippen molar-refractivity contribution in [2.45, 2.75) is 82.5 Å². The summed E-state index contributed by atoms with van der Waals surface area (Å²) in [6, 6.07) is 7.42. The predicted molar refractivity (Wildman–Crippen MR) is 161 cm³/mol. The third kappa shape index (κ3) is 6.43. The van der Waals surface area contributed by atoms with Gasteiger partial charge in [-0.15, -0.1) is 0 Å². The third-order valence-electron chi connectivity index (χ3n) is 8.01. The Kier molecular flexibility index (Phi) is 9.91. The maximum atomic E-state index is 14.2. The van der Waals surface area contributed by atoms with Crippen molar-refractivity contribution in [3.05, 3.63) is 57.8 Å². The number of benzene rings is 2. The molecule has 2 aromatic carbocycles. The van der Waals surface area contributed by atoms with Crippen molar-refractivity contribution in [1.29, 1.82) is 0 Å². The van der Waals surface area contributed by atoms with Gasteiger partial charge >= 0.3 is 0 Å². The van der Waals surface area contributed by atoms with Crippen molar-refractivity contribution >= 4 is 11.0 Å². The minimum Gasteiger partial charge on any atom is -0.507 e. The molecule has 7 N–H and O–H groups in total. The van der Waals surface area contributed by atoms with Crippen LogP contribution in [0.3, 0.4) is 0 Å². The van der Waals surface area contributed by atoms with Gasteiger partial charge in [0.2, 0.25) is 17.5 Å². The van der Waals surface area contributed by atoms with E-state index in [1.165, 1.54) is 14.0 Å². The van der Waals surface area contributed by atoms with Crippen LogP contribution in [-0.2, 0) is 20.6 Å². The Bertz CT molecular complexity index is 1630. The Morgan fingerprint density at radius 2 is 1.65 bits per heavy atom. The molecule has 46 heavy (non-hydrogen) atoms. The summed E-state index contributed by atoms with van der Waals surface area (Å²) in [5, 5.41) is 73.3. The molecule has 0 amide bonds. The summed E-state index contributed by atoms with van der Waals surface area (Å²) < 4.78 is 34.5. The first-order valence-electron chi connectivity index (χ1n) is 14.6. The predicted octanol–water partition coefficient (Wildman–Crippen LogP) is 1.06. The van der Waals surface area contributed by atoms with E-state index in [1.807, 2.05) is 19.9 Å². The van der Waals surface area contributed by atoms with Crippen molar-refractivity contribution in [3.63, 3.8) is 0 Å². The van der Waals surface area contributed by atoms with Gasteiger partial charge in [0.15, 0.2) is 18.2 Å². The Labute approximate surface area is 263 Å². The van der Waals surface area contributed by atoms with Crippen molar-refractivity contribution in [1.82, 2.24) is 0 Å². The third-order valence-corrected chi connectivity index (χ3v) is 8.01. The summed E-state index contributed by atoms with van der Waals surface area (Å²) in [5.41, 5.74) is 0.550. The lowest BCUT2D eigenvalue weighted by Crippen LogP contribution is -2.62. The number of allylic oxidation sites excluding steroid dienone is 2. The zero-order valence-corrected chi connectivity index (χ0v) is 25.6.